The fourth-order valence-corrected chi connectivity index (χ4v) is 3.23. The van der Waals surface area contributed by atoms with E-state index >= 15 is 0 Å². The van der Waals surface area contributed by atoms with Crippen LogP contribution in [-0.4, -0.2) is 48.4 Å². The summed E-state index contributed by atoms with van der Waals surface area (Å²) in [7, 11) is 3.24. The van der Waals surface area contributed by atoms with Crippen LogP contribution in [0.4, 0.5) is 5.82 Å². The van der Waals surface area contributed by atoms with E-state index in [1.54, 1.807) is 26.7 Å². The van der Waals surface area contributed by atoms with Gasteiger partial charge in [0.25, 0.3) is 0 Å². The predicted octanol–water partition coefficient (Wildman–Crippen LogP) is 2.70. The molecule has 7 heteroatoms. The Balaban J connectivity index is 1.61. The van der Waals surface area contributed by atoms with Gasteiger partial charge >= 0.3 is 0 Å². The molecule has 1 unspecified atom stereocenters. The molecule has 134 valence electrons. The number of hydrogen-bond acceptors (Lipinski definition) is 7. The number of ether oxygens (including phenoxy) is 3. The van der Waals surface area contributed by atoms with Crippen LogP contribution in [0.25, 0.3) is 10.9 Å². The fourth-order valence-electron chi connectivity index (χ4n) is 3.23. The second-order valence-electron chi connectivity index (χ2n) is 6.06. The third kappa shape index (κ3) is 3.08. The van der Waals surface area contributed by atoms with Gasteiger partial charge in [-0.3, -0.25) is 0 Å². The first-order chi connectivity index (χ1) is 12.8. The molecule has 0 spiro atoms. The molecule has 0 radical (unpaired) electrons. The maximum absolute atomic E-state index is 5.98. The minimum atomic E-state index is 0.0788. The zero-order valence-electron chi connectivity index (χ0n) is 14.8. The third-order valence-corrected chi connectivity index (χ3v) is 4.49. The van der Waals surface area contributed by atoms with Crippen LogP contribution in [0.5, 0.6) is 17.4 Å². The van der Waals surface area contributed by atoms with E-state index in [4.69, 9.17) is 14.2 Å². The third-order valence-electron chi connectivity index (χ3n) is 4.49. The molecule has 4 rings (SSSR count). The van der Waals surface area contributed by atoms with Gasteiger partial charge in [-0.25, -0.2) is 15.0 Å². The normalized spacial score (nSPS) is 16.7. The molecule has 1 fully saturated rings. The molecule has 0 N–H and O–H groups in total. The summed E-state index contributed by atoms with van der Waals surface area (Å²) < 4.78 is 16.8. The van der Waals surface area contributed by atoms with E-state index in [0.29, 0.717) is 17.4 Å². The van der Waals surface area contributed by atoms with Crippen LogP contribution >= 0.6 is 0 Å². The van der Waals surface area contributed by atoms with Crippen LogP contribution in [0, 0.1) is 0 Å². The molecule has 7 nitrogen and oxygen atoms in total. The summed E-state index contributed by atoms with van der Waals surface area (Å²) in [5.74, 6) is 2.85. The van der Waals surface area contributed by atoms with Gasteiger partial charge < -0.3 is 19.1 Å². The SMILES string of the molecule is COc1cc2ncnc(N3CCC(Oc4ccccn4)C3)c2cc1OC. The second-order valence-corrected chi connectivity index (χ2v) is 6.06. The highest BCUT2D eigenvalue weighted by Gasteiger charge is 2.27. The summed E-state index contributed by atoms with van der Waals surface area (Å²) >= 11 is 0. The van der Waals surface area contributed by atoms with E-state index in [1.165, 1.54) is 0 Å². The van der Waals surface area contributed by atoms with Gasteiger partial charge in [-0.1, -0.05) is 6.07 Å². The molecule has 26 heavy (non-hydrogen) atoms. The molecule has 1 aliphatic rings. The van der Waals surface area contributed by atoms with E-state index < -0.39 is 0 Å². The fraction of sp³-hybridized carbons (Fsp3) is 0.316. The lowest BCUT2D eigenvalue weighted by Crippen LogP contribution is -2.25. The predicted molar refractivity (Wildman–Crippen MR) is 98.1 cm³/mol. The summed E-state index contributed by atoms with van der Waals surface area (Å²) in [4.78, 5) is 15.3. The summed E-state index contributed by atoms with van der Waals surface area (Å²) in [6.45, 7) is 1.61. The highest BCUT2D eigenvalue weighted by atomic mass is 16.5. The zero-order valence-corrected chi connectivity index (χ0v) is 14.8. The van der Waals surface area contributed by atoms with Crippen LogP contribution in [0.15, 0.2) is 42.9 Å². The number of rotatable bonds is 5. The van der Waals surface area contributed by atoms with Crippen molar-refractivity contribution in [3.05, 3.63) is 42.9 Å². The quantitative estimate of drug-likeness (QED) is 0.699. The Morgan fingerprint density at radius 1 is 1.04 bits per heavy atom. The molecule has 0 bridgehead atoms. The molecule has 0 aliphatic carbocycles. The van der Waals surface area contributed by atoms with Crippen LogP contribution in [0.3, 0.4) is 0 Å². The summed E-state index contributed by atoms with van der Waals surface area (Å²) in [6.07, 6.45) is 4.31. The highest BCUT2D eigenvalue weighted by molar-refractivity contribution is 5.92. The molecular weight excluding hydrogens is 332 g/mol. The molecular formula is C19H20N4O3. The Morgan fingerprint density at radius 3 is 2.65 bits per heavy atom. The number of methoxy groups -OCH3 is 2. The van der Waals surface area contributed by atoms with E-state index in [9.17, 15) is 0 Å². The number of anilines is 1. The minimum Gasteiger partial charge on any atom is -0.493 e. The van der Waals surface area contributed by atoms with E-state index in [1.807, 2.05) is 30.3 Å². The first kappa shape index (κ1) is 16.4. The smallest absolute Gasteiger partial charge is 0.213 e. The largest absolute Gasteiger partial charge is 0.493 e. The molecule has 1 atom stereocenters. The van der Waals surface area contributed by atoms with Crippen LogP contribution in [0.1, 0.15) is 6.42 Å². The van der Waals surface area contributed by atoms with Crippen molar-refractivity contribution in [2.75, 3.05) is 32.2 Å². The Bertz CT molecular complexity index is 904. The topological polar surface area (TPSA) is 69.6 Å². The van der Waals surface area contributed by atoms with Crippen molar-refractivity contribution in [1.29, 1.82) is 0 Å². The van der Waals surface area contributed by atoms with Gasteiger partial charge in [-0.05, 0) is 12.1 Å². The Hall–Kier alpha value is -3.09. The Morgan fingerprint density at radius 2 is 1.88 bits per heavy atom. The molecule has 1 aromatic carbocycles. The number of nitrogens with zero attached hydrogens (tertiary/aromatic N) is 4. The van der Waals surface area contributed by atoms with Gasteiger partial charge in [0, 0.05) is 36.7 Å². The molecule has 0 amide bonds. The van der Waals surface area contributed by atoms with Gasteiger partial charge in [-0.2, -0.15) is 0 Å². The molecule has 3 heterocycles. The summed E-state index contributed by atoms with van der Waals surface area (Å²) in [6, 6.07) is 9.47. The van der Waals surface area contributed by atoms with Crippen molar-refractivity contribution >= 4 is 16.7 Å². The molecule has 2 aromatic heterocycles. The molecule has 1 saturated heterocycles. The first-order valence-corrected chi connectivity index (χ1v) is 8.48. The highest BCUT2D eigenvalue weighted by Crippen LogP contribution is 2.35. The lowest BCUT2D eigenvalue weighted by atomic mass is 10.2. The number of benzene rings is 1. The maximum atomic E-state index is 5.98. The average Bonchev–Trinajstić information content (AvgIpc) is 3.15. The van der Waals surface area contributed by atoms with Gasteiger partial charge in [0.05, 0.1) is 26.3 Å². The van der Waals surface area contributed by atoms with Crippen LogP contribution < -0.4 is 19.1 Å². The summed E-state index contributed by atoms with van der Waals surface area (Å²) in [5.41, 5.74) is 0.821. The summed E-state index contributed by atoms with van der Waals surface area (Å²) in [5, 5.41) is 0.934. The van der Waals surface area contributed by atoms with E-state index in [-0.39, 0.29) is 6.10 Å². The standard InChI is InChI=1S/C19H20N4O3/c1-24-16-9-14-15(10-17(16)25-2)21-12-22-19(14)23-8-6-13(11-23)26-18-5-3-4-7-20-18/h3-5,7,9-10,12-13H,6,8,11H2,1-2H3. The van der Waals surface area contributed by atoms with Crippen molar-refractivity contribution in [2.45, 2.75) is 12.5 Å². The Labute approximate surface area is 151 Å². The van der Waals surface area contributed by atoms with Crippen molar-refractivity contribution in [2.24, 2.45) is 0 Å². The van der Waals surface area contributed by atoms with Gasteiger partial charge in [-0.15, -0.1) is 0 Å². The Kier molecular flexibility index (Phi) is 4.43. The number of hydrogen-bond donors (Lipinski definition) is 0. The van der Waals surface area contributed by atoms with Crippen molar-refractivity contribution in [1.82, 2.24) is 15.0 Å². The number of aromatic nitrogens is 3. The number of pyridine rings is 1. The van der Waals surface area contributed by atoms with Gasteiger partial charge in [0.1, 0.15) is 18.2 Å². The molecule has 0 saturated carbocycles. The molecule has 1 aliphatic heterocycles. The lowest BCUT2D eigenvalue weighted by Gasteiger charge is -2.20. The van der Waals surface area contributed by atoms with Crippen molar-refractivity contribution < 1.29 is 14.2 Å². The monoisotopic (exact) mass is 352 g/mol. The number of fused-ring (bicyclic) bond motifs is 1. The van der Waals surface area contributed by atoms with Crippen LogP contribution in [-0.2, 0) is 0 Å². The maximum Gasteiger partial charge on any atom is 0.213 e. The van der Waals surface area contributed by atoms with Crippen LogP contribution in [0.2, 0.25) is 0 Å². The van der Waals surface area contributed by atoms with Gasteiger partial charge in [0.15, 0.2) is 11.5 Å². The minimum absolute atomic E-state index is 0.0788. The van der Waals surface area contributed by atoms with E-state index in [2.05, 4.69) is 19.9 Å². The zero-order chi connectivity index (χ0) is 17.9. The average molecular weight is 352 g/mol. The van der Waals surface area contributed by atoms with Crippen molar-refractivity contribution in [3.8, 4) is 17.4 Å². The van der Waals surface area contributed by atoms with Gasteiger partial charge in [0.2, 0.25) is 5.88 Å². The van der Waals surface area contributed by atoms with E-state index in [0.717, 1.165) is 36.2 Å². The first-order valence-electron chi connectivity index (χ1n) is 8.48. The second kappa shape index (κ2) is 7.03. The lowest BCUT2D eigenvalue weighted by molar-refractivity contribution is 0.216. The molecule has 3 aromatic rings. The van der Waals surface area contributed by atoms with Crippen molar-refractivity contribution in [3.63, 3.8) is 0 Å².